The van der Waals surface area contributed by atoms with E-state index in [1.165, 1.54) is 23.5 Å². The molecule has 105 heavy (non-hydrogen) atoms. The number of unbranched alkanes of at least 4 members (excludes halogenated alkanes) is 2. The summed E-state index contributed by atoms with van der Waals surface area (Å²) in [5.74, 6) is -4.61. The van der Waals surface area contributed by atoms with Crippen molar-refractivity contribution in [3.8, 4) is 0 Å². The number of carbonyl (C=O) groups excluding carboxylic acids is 9. The highest BCUT2D eigenvalue weighted by molar-refractivity contribution is 7.09. The Bertz CT molecular complexity index is 2920. The molecule has 32 heteroatoms. The van der Waals surface area contributed by atoms with Crippen LogP contribution in [0.5, 0.6) is 0 Å². The minimum absolute atomic E-state index is 0.000762. The second-order valence-corrected chi connectivity index (χ2v) is 27.5. The number of nitrogens with one attached hydrogen (secondary N) is 6. The highest BCUT2D eigenvalue weighted by Crippen LogP contribution is 2.31. The van der Waals surface area contributed by atoms with E-state index in [0.717, 1.165) is 23.3 Å². The Labute approximate surface area is 623 Å². The van der Waals surface area contributed by atoms with Crippen molar-refractivity contribution < 1.29 is 100 Å². The Kier molecular flexibility index (Phi) is 46.3. The lowest BCUT2D eigenvalue weighted by Gasteiger charge is -2.38. The maximum absolute atomic E-state index is 14.2. The minimum atomic E-state index is -1.01. The number of aliphatic carboxylic acids is 1. The fourth-order valence-corrected chi connectivity index (χ4v) is 11.3. The Morgan fingerprint density at radius 1 is 0.657 bits per heavy atom. The van der Waals surface area contributed by atoms with Crippen molar-refractivity contribution >= 4 is 76.3 Å². The van der Waals surface area contributed by atoms with Crippen molar-refractivity contribution in [2.24, 2.45) is 17.8 Å². The van der Waals surface area contributed by atoms with Gasteiger partial charge in [-0.3, -0.25) is 58.3 Å². The van der Waals surface area contributed by atoms with E-state index in [2.05, 4.69) is 36.9 Å². The first-order valence-electron chi connectivity index (χ1n) is 36.5. The van der Waals surface area contributed by atoms with E-state index in [-0.39, 0.29) is 125 Å². The molecule has 0 bridgehead atoms. The van der Waals surface area contributed by atoms with Gasteiger partial charge in [-0.25, -0.2) is 9.78 Å². The molecular weight excluding hydrogens is 1380 g/mol. The zero-order valence-corrected chi connectivity index (χ0v) is 64.7. The van der Waals surface area contributed by atoms with Crippen LogP contribution in [0.25, 0.3) is 0 Å². The lowest BCUT2D eigenvalue weighted by Crippen LogP contribution is -2.60. The average Bonchev–Trinajstić information content (AvgIpc) is 1.76. The third-order valence-corrected chi connectivity index (χ3v) is 18.5. The van der Waals surface area contributed by atoms with Crippen molar-refractivity contribution in [2.45, 2.75) is 162 Å². The fraction of sp³-hybridized carbons (Fsp3) is 0.712. The van der Waals surface area contributed by atoms with Crippen LogP contribution in [0.4, 0.5) is 10.5 Å². The van der Waals surface area contributed by atoms with Crippen molar-refractivity contribution in [3.63, 3.8) is 0 Å². The molecule has 0 saturated carbocycles. The number of benzene rings is 1. The van der Waals surface area contributed by atoms with Crippen molar-refractivity contribution in [2.75, 3.05) is 166 Å². The molecule has 7 atom stereocenters. The fourth-order valence-electron chi connectivity index (χ4n) is 10.4. The predicted molar refractivity (Wildman–Crippen MR) is 393 cm³/mol. The Morgan fingerprint density at radius 3 is 1.71 bits per heavy atom. The number of thiazole rings is 1. The molecule has 594 valence electrons. The molecular formula is C73H120N10O21S. The predicted octanol–water partition coefficient (Wildman–Crippen LogP) is 5.10. The number of hydrogen-bond acceptors (Lipinski definition) is 23. The van der Waals surface area contributed by atoms with Gasteiger partial charge in [0.25, 0.3) is 17.7 Å². The van der Waals surface area contributed by atoms with Crippen LogP contribution >= 0.6 is 11.3 Å². The first-order chi connectivity index (χ1) is 50.2. The van der Waals surface area contributed by atoms with Gasteiger partial charge in [-0.2, -0.15) is 0 Å². The molecule has 0 saturated heterocycles. The summed E-state index contributed by atoms with van der Waals surface area (Å²) < 4.78 is 55.3. The van der Waals surface area contributed by atoms with Crippen LogP contribution in [0.2, 0.25) is 0 Å². The van der Waals surface area contributed by atoms with Gasteiger partial charge in [0, 0.05) is 81.9 Å². The maximum Gasteiger partial charge on any atom is 0.411 e. The molecule has 0 radical (unpaired) electrons. The van der Waals surface area contributed by atoms with Gasteiger partial charge in [-0.1, -0.05) is 66.5 Å². The lowest BCUT2D eigenvalue weighted by molar-refractivity contribution is -0.142. The topological polar surface area (TPSA) is 378 Å². The van der Waals surface area contributed by atoms with Gasteiger partial charge in [0.15, 0.2) is 0 Å². The summed E-state index contributed by atoms with van der Waals surface area (Å²) in [6.45, 7) is 21.0. The second kappa shape index (κ2) is 52.8. The molecule has 0 spiro atoms. The molecule has 1 aromatic carbocycles. The minimum Gasteiger partial charge on any atom is -0.481 e. The van der Waals surface area contributed by atoms with Gasteiger partial charge in [-0.15, -0.1) is 11.3 Å². The standard InChI is InChI=1S/C73H120N10O21S/c1-13-15-27-75-66(88)57(78-61(84)20-18-29-83-63(86)25-26-64(83)87)19-16-17-28-74-62(85)49-103-43-42-101-39-38-99-35-34-97-31-30-96-32-33-98-36-37-100-40-41-102-44-45-104-72(94)77-55-23-21-54(22-24-55)47-56(46-53(6)70(91)92)76-67(89)58-50-105-68(79-58)60(95-12)48-59(51(3)4)82(11)69(90)65(52(5)14-2)80-71(93)73(7,8)81(9)10/h21-26,50-53,56-57,59-60,65H,13-20,27-49H2,1-12H3,(H,74,85)(H,75,88)(H,76,89)(H,77,94)(H,78,84)(H,80,93)(H,91,92)/t52-,53-,56+,57-,59+,60+,65-/m0/s1. The van der Waals surface area contributed by atoms with Crippen molar-refractivity contribution in [3.05, 3.63) is 58.1 Å². The Hall–Kier alpha value is -7.11. The quantitative estimate of drug-likeness (QED) is 0.0334. The zero-order chi connectivity index (χ0) is 77.5. The zero-order valence-electron chi connectivity index (χ0n) is 63.9. The molecule has 3 rings (SSSR count). The van der Waals surface area contributed by atoms with E-state index in [1.807, 2.05) is 67.5 Å². The molecule has 2 aromatic rings. The highest BCUT2D eigenvalue weighted by Gasteiger charge is 2.39. The molecule has 0 fully saturated rings. The van der Waals surface area contributed by atoms with Gasteiger partial charge in [0.2, 0.25) is 29.5 Å². The van der Waals surface area contributed by atoms with Crippen molar-refractivity contribution in [1.82, 2.24) is 46.3 Å². The number of hydrogen-bond donors (Lipinski definition) is 7. The molecule has 7 N–H and O–H groups in total. The van der Waals surface area contributed by atoms with Crippen LogP contribution in [-0.4, -0.2) is 274 Å². The smallest absolute Gasteiger partial charge is 0.411 e. The molecule has 1 aliphatic rings. The molecule has 2 heterocycles. The van der Waals surface area contributed by atoms with E-state index in [1.54, 1.807) is 55.6 Å². The number of methoxy groups -OCH3 is 1. The number of amides is 9. The Morgan fingerprint density at radius 2 is 1.20 bits per heavy atom. The number of carbonyl (C=O) groups is 10. The summed E-state index contributed by atoms with van der Waals surface area (Å²) in [5.41, 5.74) is 0.531. The number of anilines is 1. The van der Waals surface area contributed by atoms with E-state index in [4.69, 9.17) is 47.4 Å². The Balaban J connectivity index is 1.19. The van der Waals surface area contributed by atoms with E-state index in [9.17, 15) is 53.1 Å². The number of nitrogens with zero attached hydrogens (tertiary/aromatic N) is 4. The molecule has 31 nitrogen and oxygen atoms in total. The lowest BCUT2D eigenvalue weighted by atomic mass is 9.92. The SMILES string of the molecule is CCCCNC(=O)[C@H](CCCCNC(=O)COCCOCCOCCOCCOCCOCCOCCOCCOC(=O)Nc1ccc(C[C@@H](C[C@H](C)C(=O)O)NC(=O)c2csc([C@@H](C[C@H](C(C)C)N(C)C(=O)[C@@H](NC(=O)C(C)(C)N(C)C)[C@@H](C)CC)OC)n2)cc1)NC(=O)CCCN1C(=O)C=CC1=O. The van der Waals surface area contributed by atoms with Crippen molar-refractivity contribution in [1.29, 1.82) is 0 Å². The number of carboxylic acid groups (broad SMARTS) is 1. The van der Waals surface area contributed by atoms with Gasteiger partial charge in [-0.05, 0) is 102 Å². The van der Waals surface area contributed by atoms with Crippen LogP contribution in [0.1, 0.15) is 147 Å². The van der Waals surface area contributed by atoms with Crippen LogP contribution in [-0.2, 0) is 92.1 Å². The molecule has 1 aromatic heterocycles. The first-order valence-corrected chi connectivity index (χ1v) is 37.4. The summed E-state index contributed by atoms with van der Waals surface area (Å²) in [5, 5.41) is 29.1. The second-order valence-electron chi connectivity index (χ2n) is 26.6. The monoisotopic (exact) mass is 1500 g/mol. The van der Waals surface area contributed by atoms with Gasteiger partial charge >= 0.3 is 12.1 Å². The summed E-state index contributed by atoms with van der Waals surface area (Å²) in [7, 11) is 6.93. The van der Waals surface area contributed by atoms with Gasteiger partial charge in [0.05, 0.1) is 111 Å². The maximum atomic E-state index is 14.2. The number of imide groups is 1. The van der Waals surface area contributed by atoms with E-state index < -0.39 is 65.5 Å². The van der Waals surface area contributed by atoms with Crippen LogP contribution in [0.15, 0.2) is 41.8 Å². The summed E-state index contributed by atoms with van der Waals surface area (Å²) in [6.07, 6.45) is 6.13. The first kappa shape index (κ1) is 92.1. The number of ether oxygens (including phenoxy) is 10. The van der Waals surface area contributed by atoms with Gasteiger partial charge < -0.3 is 84.0 Å². The largest absolute Gasteiger partial charge is 0.481 e. The van der Waals surface area contributed by atoms with Crippen LogP contribution in [0, 0.1) is 17.8 Å². The number of carboxylic acids is 1. The molecule has 1 aliphatic heterocycles. The number of aromatic nitrogens is 1. The number of rotatable bonds is 60. The third-order valence-electron chi connectivity index (χ3n) is 17.6. The molecule has 0 aliphatic carbocycles. The third kappa shape index (κ3) is 37.3. The van der Waals surface area contributed by atoms with Crippen LogP contribution in [0.3, 0.4) is 0 Å². The normalized spacial score (nSPS) is 14.3. The average molecular weight is 1510 g/mol. The van der Waals surface area contributed by atoms with E-state index in [0.29, 0.717) is 129 Å². The van der Waals surface area contributed by atoms with E-state index >= 15 is 0 Å². The summed E-state index contributed by atoms with van der Waals surface area (Å²) >= 11 is 1.25. The number of likely N-dealkylation sites (N-methyl/N-ethyl adjacent to an activating group) is 2. The highest BCUT2D eigenvalue weighted by atomic mass is 32.1. The van der Waals surface area contributed by atoms with Crippen LogP contribution < -0.4 is 31.9 Å². The summed E-state index contributed by atoms with van der Waals surface area (Å²) in [6, 6.07) is 4.49. The van der Waals surface area contributed by atoms with Gasteiger partial charge in [0.1, 0.15) is 42.1 Å². The molecule has 9 amide bonds. The summed E-state index contributed by atoms with van der Waals surface area (Å²) in [4.78, 5) is 136. The molecule has 0 unspecified atom stereocenters.